The third-order valence-corrected chi connectivity index (χ3v) is 3.44. The van der Waals surface area contributed by atoms with Crippen molar-refractivity contribution in [1.82, 2.24) is 5.32 Å². The molecule has 5 heteroatoms. The minimum atomic E-state index is -0.573. The van der Waals surface area contributed by atoms with Crippen LogP contribution < -0.4 is 5.32 Å². The van der Waals surface area contributed by atoms with Crippen LogP contribution in [0.15, 0.2) is 18.2 Å². The van der Waals surface area contributed by atoms with Gasteiger partial charge in [0.25, 0.3) is 0 Å². The Balaban J connectivity index is 2.64. The molecule has 1 unspecified atom stereocenters. The second kappa shape index (κ2) is 7.51. The Morgan fingerprint density at radius 2 is 2.00 bits per heavy atom. The van der Waals surface area contributed by atoms with Crippen LogP contribution in [0, 0.1) is 5.92 Å². The van der Waals surface area contributed by atoms with Crippen LogP contribution in [-0.2, 0) is 16.1 Å². The molecule has 0 bridgehead atoms. The van der Waals surface area contributed by atoms with E-state index in [2.05, 4.69) is 5.32 Å². The number of hydrogen-bond donors (Lipinski definition) is 1. The third-order valence-electron chi connectivity index (χ3n) is 2.85. The molecule has 0 spiro atoms. The molecule has 0 aliphatic carbocycles. The summed E-state index contributed by atoms with van der Waals surface area (Å²) < 4.78 is 0. The highest BCUT2D eigenvalue weighted by Crippen LogP contribution is 2.21. The molecule has 0 fully saturated rings. The standard InChI is InChI=1S/C14H17Cl2NO2/c1-3-4-12(9(2)18)14(19)17-8-10-5-6-11(15)7-13(10)16/h5-7,12H,3-4,8H2,1-2H3,(H,17,19). The highest BCUT2D eigenvalue weighted by molar-refractivity contribution is 6.35. The van der Waals surface area contributed by atoms with Crippen LogP contribution >= 0.6 is 23.2 Å². The first-order chi connectivity index (χ1) is 8.95. The number of amides is 1. The molecule has 1 amide bonds. The largest absolute Gasteiger partial charge is 0.351 e. The molecule has 3 nitrogen and oxygen atoms in total. The zero-order valence-corrected chi connectivity index (χ0v) is 12.5. The molecule has 1 N–H and O–H groups in total. The molecule has 0 heterocycles. The smallest absolute Gasteiger partial charge is 0.230 e. The van der Waals surface area contributed by atoms with Crippen molar-refractivity contribution >= 4 is 34.9 Å². The summed E-state index contributed by atoms with van der Waals surface area (Å²) in [7, 11) is 0. The van der Waals surface area contributed by atoms with Crippen molar-refractivity contribution in [3.05, 3.63) is 33.8 Å². The second-order valence-corrected chi connectivity index (χ2v) is 5.25. The third kappa shape index (κ3) is 4.84. The quantitative estimate of drug-likeness (QED) is 0.816. The van der Waals surface area contributed by atoms with Crippen molar-refractivity contribution in [2.75, 3.05) is 0 Å². The fraction of sp³-hybridized carbons (Fsp3) is 0.429. The second-order valence-electron chi connectivity index (χ2n) is 4.41. The highest BCUT2D eigenvalue weighted by Gasteiger charge is 2.21. The molecule has 0 aliphatic heterocycles. The first-order valence-electron chi connectivity index (χ1n) is 6.17. The highest BCUT2D eigenvalue weighted by atomic mass is 35.5. The Kier molecular flexibility index (Phi) is 6.32. The molecule has 1 aromatic carbocycles. The molecule has 1 aromatic rings. The van der Waals surface area contributed by atoms with E-state index in [9.17, 15) is 9.59 Å². The van der Waals surface area contributed by atoms with Gasteiger partial charge in [-0.2, -0.15) is 0 Å². The monoisotopic (exact) mass is 301 g/mol. The molecule has 0 radical (unpaired) electrons. The van der Waals surface area contributed by atoms with E-state index in [4.69, 9.17) is 23.2 Å². The van der Waals surface area contributed by atoms with E-state index >= 15 is 0 Å². The van der Waals surface area contributed by atoms with Crippen LogP contribution in [0.3, 0.4) is 0 Å². The Hall–Kier alpha value is -1.06. The predicted octanol–water partition coefficient (Wildman–Crippen LogP) is 3.61. The van der Waals surface area contributed by atoms with Gasteiger partial charge < -0.3 is 5.32 Å². The van der Waals surface area contributed by atoms with Crippen molar-refractivity contribution in [1.29, 1.82) is 0 Å². The Morgan fingerprint density at radius 3 is 2.53 bits per heavy atom. The average molecular weight is 302 g/mol. The fourth-order valence-electron chi connectivity index (χ4n) is 1.78. The summed E-state index contributed by atoms with van der Waals surface area (Å²) in [6.07, 6.45) is 1.36. The summed E-state index contributed by atoms with van der Waals surface area (Å²) >= 11 is 11.8. The van der Waals surface area contributed by atoms with Gasteiger partial charge in [0.1, 0.15) is 5.78 Å². The van der Waals surface area contributed by atoms with Crippen molar-refractivity contribution in [3.8, 4) is 0 Å². The molecule has 0 aliphatic rings. The van der Waals surface area contributed by atoms with Crippen LogP contribution in [0.25, 0.3) is 0 Å². The van der Waals surface area contributed by atoms with Gasteiger partial charge in [-0.25, -0.2) is 0 Å². The first-order valence-corrected chi connectivity index (χ1v) is 6.93. The molecule has 19 heavy (non-hydrogen) atoms. The van der Waals surface area contributed by atoms with E-state index in [0.29, 0.717) is 23.0 Å². The first kappa shape index (κ1) is 16.0. The fourth-order valence-corrected chi connectivity index (χ4v) is 2.25. The molecule has 0 saturated carbocycles. The number of hydrogen-bond acceptors (Lipinski definition) is 2. The maximum Gasteiger partial charge on any atom is 0.230 e. The Morgan fingerprint density at radius 1 is 1.32 bits per heavy atom. The van der Waals surface area contributed by atoms with E-state index in [-0.39, 0.29) is 11.7 Å². The number of nitrogens with one attached hydrogen (secondary N) is 1. The maximum absolute atomic E-state index is 11.9. The van der Waals surface area contributed by atoms with Crippen molar-refractivity contribution in [2.24, 2.45) is 5.92 Å². The number of carbonyl (C=O) groups excluding carboxylic acids is 2. The van der Waals surface area contributed by atoms with Crippen LogP contribution in [0.2, 0.25) is 10.0 Å². The van der Waals surface area contributed by atoms with E-state index in [1.54, 1.807) is 18.2 Å². The summed E-state index contributed by atoms with van der Waals surface area (Å²) in [5, 5.41) is 3.79. The number of rotatable bonds is 6. The van der Waals surface area contributed by atoms with Crippen molar-refractivity contribution < 1.29 is 9.59 Å². The van der Waals surface area contributed by atoms with E-state index < -0.39 is 5.92 Å². The summed E-state index contributed by atoms with van der Waals surface area (Å²) in [5.41, 5.74) is 0.776. The molecule has 0 saturated heterocycles. The van der Waals surface area contributed by atoms with Gasteiger partial charge in [0, 0.05) is 16.6 Å². The number of carbonyl (C=O) groups is 2. The summed E-state index contributed by atoms with van der Waals surface area (Å²) in [6.45, 7) is 3.68. The van der Waals surface area contributed by atoms with Crippen molar-refractivity contribution in [2.45, 2.75) is 33.2 Å². The predicted molar refractivity (Wildman–Crippen MR) is 77.4 cm³/mol. The van der Waals surface area contributed by atoms with Crippen molar-refractivity contribution in [3.63, 3.8) is 0 Å². The van der Waals surface area contributed by atoms with Crippen LogP contribution in [0.1, 0.15) is 32.3 Å². The molecule has 1 atom stereocenters. The van der Waals surface area contributed by atoms with Gasteiger partial charge in [-0.05, 0) is 31.0 Å². The van der Waals surface area contributed by atoms with Gasteiger partial charge in [-0.15, -0.1) is 0 Å². The van der Waals surface area contributed by atoms with E-state index in [1.807, 2.05) is 6.92 Å². The number of Topliss-reactive ketones (excluding diaryl/α,β-unsaturated/α-hetero) is 1. The van der Waals surface area contributed by atoms with E-state index in [0.717, 1.165) is 12.0 Å². The summed E-state index contributed by atoms with van der Waals surface area (Å²) in [5.74, 6) is -0.932. The van der Waals surface area contributed by atoms with Crippen LogP contribution in [0.4, 0.5) is 0 Å². The van der Waals surface area contributed by atoms with Gasteiger partial charge in [-0.1, -0.05) is 42.6 Å². The summed E-state index contributed by atoms with van der Waals surface area (Å²) in [4.78, 5) is 23.3. The SMILES string of the molecule is CCCC(C(C)=O)C(=O)NCc1ccc(Cl)cc1Cl. The lowest BCUT2D eigenvalue weighted by Crippen LogP contribution is -2.34. The molecule has 104 valence electrons. The molecular formula is C14H17Cl2NO2. The van der Waals surface area contributed by atoms with E-state index in [1.165, 1.54) is 6.92 Å². The van der Waals surface area contributed by atoms with Gasteiger partial charge in [0.15, 0.2) is 0 Å². The minimum absolute atomic E-state index is 0.110. The van der Waals surface area contributed by atoms with Gasteiger partial charge >= 0.3 is 0 Å². The topological polar surface area (TPSA) is 46.2 Å². The average Bonchev–Trinajstić information content (AvgIpc) is 2.34. The lowest BCUT2D eigenvalue weighted by Gasteiger charge is -2.13. The molecular weight excluding hydrogens is 285 g/mol. The molecule has 0 aromatic heterocycles. The van der Waals surface area contributed by atoms with Gasteiger partial charge in [0.05, 0.1) is 5.92 Å². The number of benzene rings is 1. The maximum atomic E-state index is 11.9. The zero-order chi connectivity index (χ0) is 14.4. The number of ketones is 1. The number of halogens is 2. The molecule has 1 rings (SSSR count). The van der Waals surface area contributed by atoms with Crippen LogP contribution in [0.5, 0.6) is 0 Å². The van der Waals surface area contributed by atoms with Crippen LogP contribution in [-0.4, -0.2) is 11.7 Å². The normalized spacial score (nSPS) is 12.0. The Labute approximate surface area is 123 Å². The van der Waals surface area contributed by atoms with Gasteiger partial charge in [0.2, 0.25) is 5.91 Å². The minimum Gasteiger partial charge on any atom is -0.351 e. The summed E-state index contributed by atoms with van der Waals surface area (Å²) in [6, 6.07) is 5.09. The lowest BCUT2D eigenvalue weighted by molar-refractivity contribution is -0.133. The van der Waals surface area contributed by atoms with Gasteiger partial charge in [-0.3, -0.25) is 9.59 Å². The lowest BCUT2D eigenvalue weighted by atomic mass is 9.98. The zero-order valence-electron chi connectivity index (χ0n) is 11.0. The Bertz CT molecular complexity index is 475.